The molecular weight excluding hydrogens is 424 g/mol. The van der Waals surface area contributed by atoms with Gasteiger partial charge < -0.3 is 4.74 Å². The van der Waals surface area contributed by atoms with Crippen molar-refractivity contribution in [2.45, 2.75) is 45.4 Å². The number of hydrogen-bond donors (Lipinski definition) is 0. The van der Waals surface area contributed by atoms with Gasteiger partial charge in [-0.15, -0.1) is 0 Å². The Hall–Kier alpha value is 0.460. The van der Waals surface area contributed by atoms with Crippen LogP contribution in [0.15, 0.2) is 25.6 Å². The first-order valence-corrected chi connectivity index (χ1v) is 8.81. The van der Waals surface area contributed by atoms with Crippen molar-refractivity contribution in [2.75, 3.05) is 6.61 Å². The van der Waals surface area contributed by atoms with E-state index in [1.54, 1.807) is 0 Å². The zero-order valence-electron chi connectivity index (χ0n) is 10.6. The largest absolute Gasteiger partial charge is 0.492 e. The number of benzene rings is 1. The van der Waals surface area contributed by atoms with Crippen LogP contribution in [0.4, 0.5) is 0 Å². The minimum Gasteiger partial charge on any atom is -0.492 e. The number of halogens is 3. The summed E-state index contributed by atoms with van der Waals surface area (Å²) in [5, 5.41) is 0. The summed E-state index contributed by atoms with van der Waals surface area (Å²) in [4.78, 5) is 0. The minimum absolute atomic E-state index is 0.790. The average molecular weight is 443 g/mol. The fourth-order valence-corrected chi connectivity index (χ4v) is 3.07. The lowest BCUT2D eigenvalue weighted by Crippen LogP contribution is -1.98. The Morgan fingerprint density at radius 3 is 2.28 bits per heavy atom. The lowest BCUT2D eigenvalue weighted by molar-refractivity contribution is 0.302. The fraction of sp³-hybridized carbons (Fsp3) is 0.571. The van der Waals surface area contributed by atoms with Crippen molar-refractivity contribution in [1.82, 2.24) is 0 Å². The lowest BCUT2D eigenvalue weighted by atomic mass is 10.1. The highest BCUT2D eigenvalue weighted by Crippen LogP contribution is 2.37. The maximum atomic E-state index is 5.78. The van der Waals surface area contributed by atoms with Crippen LogP contribution in [0.25, 0.3) is 0 Å². The van der Waals surface area contributed by atoms with Gasteiger partial charge in [-0.25, -0.2) is 0 Å². The second-order valence-electron chi connectivity index (χ2n) is 4.29. The van der Waals surface area contributed by atoms with Gasteiger partial charge in [0.25, 0.3) is 0 Å². The quantitative estimate of drug-likeness (QED) is 0.321. The molecule has 0 aromatic heterocycles. The van der Waals surface area contributed by atoms with E-state index in [-0.39, 0.29) is 0 Å². The molecular formula is C14H19Br3O. The van der Waals surface area contributed by atoms with Gasteiger partial charge in [-0.2, -0.15) is 0 Å². The molecule has 0 amide bonds. The highest BCUT2D eigenvalue weighted by molar-refractivity contribution is 9.14. The van der Waals surface area contributed by atoms with Gasteiger partial charge in [0.05, 0.1) is 11.1 Å². The molecule has 0 saturated heterocycles. The van der Waals surface area contributed by atoms with E-state index >= 15 is 0 Å². The van der Waals surface area contributed by atoms with Crippen LogP contribution in [0, 0.1) is 0 Å². The molecule has 18 heavy (non-hydrogen) atoms. The van der Waals surface area contributed by atoms with Crippen LogP contribution >= 0.6 is 47.8 Å². The molecule has 0 bridgehead atoms. The molecule has 0 unspecified atom stereocenters. The zero-order chi connectivity index (χ0) is 13.4. The van der Waals surface area contributed by atoms with E-state index in [0.29, 0.717) is 0 Å². The standard InChI is InChI=1S/C14H19Br3O/c1-2-3-4-5-6-7-10-18-12-9-8-11(15)13(16)14(12)17/h8-9H,2-7,10H2,1H3. The molecule has 0 heterocycles. The smallest absolute Gasteiger partial charge is 0.134 e. The van der Waals surface area contributed by atoms with Crippen molar-refractivity contribution in [1.29, 1.82) is 0 Å². The Labute approximate surface area is 135 Å². The SMILES string of the molecule is CCCCCCCCOc1ccc(Br)c(Br)c1Br. The Morgan fingerprint density at radius 2 is 1.56 bits per heavy atom. The molecule has 0 aliphatic heterocycles. The third-order valence-corrected chi connectivity index (χ3v) is 6.09. The number of ether oxygens (including phenoxy) is 1. The van der Waals surface area contributed by atoms with Crippen molar-refractivity contribution in [2.24, 2.45) is 0 Å². The molecule has 0 fully saturated rings. The van der Waals surface area contributed by atoms with E-state index in [1.165, 1.54) is 32.1 Å². The second-order valence-corrected chi connectivity index (χ2v) is 6.73. The molecule has 0 spiro atoms. The molecule has 0 aliphatic rings. The van der Waals surface area contributed by atoms with Gasteiger partial charge in [0.15, 0.2) is 0 Å². The molecule has 102 valence electrons. The molecule has 1 aromatic rings. The van der Waals surface area contributed by atoms with Crippen molar-refractivity contribution in [3.63, 3.8) is 0 Å². The van der Waals surface area contributed by atoms with E-state index in [4.69, 9.17) is 4.74 Å². The Balaban J connectivity index is 2.25. The van der Waals surface area contributed by atoms with Crippen LogP contribution < -0.4 is 4.74 Å². The number of unbranched alkanes of at least 4 members (excludes halogenated alkanes) is 5. The summed E-state index contributed by atoms with van der Waals surface area (Å²) in [7, 11) is 0. The summed E-state index contributed by atoms with van der Waals surface area (Å²) in [6.07, 6.45) is 7.72. The normalized spacial score (nSPS) is 10.7. The zero-order valence-corrected chi connectivity index (χ0v) is 15.4. The summed E-state index contributed by atoms with van der Waals surface area (Å²) >= 11 is 10.5. The third kappa shape index (κ3) is 5.62. The first-order valence-electron chi connectivity index (χ1n) is 6.43. The second kappa shape index (κ2) is 9.38. The van der Waals surface area contributed by atoms with Crippen molar-refractivity contribution < 1.29 is 4.74 Å². The molecule has 4 heteroatoms. The van der Waals surface area contributed by atoms with E-state index in [9.17, 15) is 0 Å². The van der Waals surface area contributed by atoms with Gasteiger partial charge >= 0.3 is 0 Å². The van der Waals surface area contributed by atoms with Gasteiger partial charge in [-0.05, 0) is 66.3 Å². The number of rotatable bonds is 8. The van der Waals surface area contributed by atoms with Crippen LogP contribution in [0.3, 0.4) is 0 Å². The first-order chi connectivity index (χ1) is 8.66. The van der Waals surface area contributed by atoms with Crippen LogP contribution in [0.1, 0.15) is 45.4 Å². The molecule has 0 radical (unpaired) electrons. The monoisotopic (exact) mass is 440 g/mol. The molecule has 1 rings (SSSR count). The van der Waals surface area contributed by atoms with Crippen molar-refractivity contribution in [3.05, 3.63) is 25.6 Å². The van der Waals surface area contributed by atoms with Crippen LogP contribution in [-0.4, -0.2) is 6.61 Å². The van der Waals surface area contributed by atoms with Gasteiger partial charge in [0.1, 0.15) is 5.75 Å². The lowest BCUT2D eigenvalue weighted by Gasteiger charge is -2.10. The average Bonchev–Trinajstić information content (AvgIpc) is 2.37. The van der Waals surface area contributed by atoms with Gasteiger partial charge in [0, 0.05) is 8.95 Å². The molecule has 0 N–H and O–H groups in total. The van der Waals surface area contributed by atoms with Gasteiger partial charge in [0.2, 0.25) is 0 Å². The van der Waals surface area contributed by atoms with Crippen molar-refractivity contribution in [3.8, 4) is 5.75 Å². The van der Waals surface area contributed by atoms with Crippen LogP contribution in [0.5, 0.6) is 5.75 Å². The minimum atomic E-state index is 0.790. The van der Waals surface area contributed by atoms with Crippen LogP contribution in [0.2, 0.25) is 0 Å². The maximum absolute atomic E-state index is 5.78. The van der Waals surface area contributed by atoms with E-state index in [1.807, 2.05) is 12.1 Å². The van der Waals surface area contributed by atoms with E-state index in [0.717, 1.165) is 32.2 Å². The molecule has 0 saturated carbocycles. The fourth-order valence-electron chi connectivity index (χ4n) is 1.68. The first kappa shape index (κ1) is 16.5. The predicted octanol–water partition coefficient (Wildman–Crippen LogP) is 6.71. The Bertz CT molecular complexity index is 366. The highest BCUT2D eigenvalue weighted by atomic mass is 79.9. The summed E-state index contributed by atoms with van der Waals surface area (Å²) in [5.41, 5.74) is 0. The highest BCUT2D eigenvalue weighted by Gasteiger charge is 2.08. The number of hydrogen-bond acceptors (Lipinski definition) is 1. The predicted molar refractivity (Wildman–Crippen MR) is 88.4 cm³/mol. The summed E-state index contributed by atoms with van der Waals surface area (Å²) in [5.74, 6) is 0.902. The summed E-state index contributed by atoms with van der Waals surface area (Å²) in [6, 6.07) is 3.97. The van der Waals surface area contributed by atoms with E-state index in [2.05, 4.69) is 54.7 Å². The summed E-state index contributed by atoms with van der Waals surface area (Å²) < 4.78 is 8.79. The topological polar surface area (TPSA) is 9.23 Å². The molecule has 1 aromatic carbocycles. The Morgan fingerprint density at radius 1 is 0.889 bits per heavy atom. The van der Waals surface area contributed by atoms with Crippen molar-refractivity contribution >= 4 is 47.8 Å². The molecule has 0 atom stereocenters. The maximum Gasteiger partial charge on any atom is 0.134 e. The molecule has 0 aliphatic carbocycles. The molecule has 1 nitrogen and oxygen atoms in total. The van der Waals surface area contributed by atoms with E-state index < -0.39 is 0 Å². The Kier molecular flexibility index (Phi) is 8.60. The van der Waals surface area contributed by atoms with Gasteiger partial charge in [-0.3, -0.25) is 0 Å². The third-order valence-electron chi connectivity index (χ3n) is 2.76. The van der Waals surface area contributed by atoms with Gasteiger partial charge in [-0.1, -0.05) is 39.0 Å². The summed E-state index contributed by atoms with van der Waals surface area (Å²) in [6.45, 7) is 3.03. The van der Waals surface area contributed by atoms with Crippen LogP contribution in [-0.2, 0) is 0 Å².